The van der Waals surface area contributed by atoms with Crippen LogP contribution >= 0.6 is 0 Å². The number of primary amides is 1. The number of amides is 1. The monoisotopic (exact) mass is 170 g/mol. The van der Waals surface area contributed by atoms with Gasteiger partial charge in [-0.2, -0.15) is 5.10 Å². The molecule has 0 aliphatic rings. The summed E-state index contributed by atoms with van der Waals surface area (Å²) < 4.78 is 1.27. The van der Waals surface area contributed by atoms with Gasteiger partial charge in [-0.3, -0.25) is 9.59 Å². The summed E-state index contributed by atoms with van der Waals surface area (Å²) in [6, 6.07) is -1.02. The highest BCUT2D eigenvalue weighted by atomic mass is 16.2. The molecule has 64 valence electrons. The van der Waals surface area contributed by atoms with E-state index in [2.05, 4.69) is 5.10 Å². The van der Waals surface area contributed by atoms with Gasteiger partial charge in [0, 0.05) is 7.05 Å². The summed E-state index contributed by atoms with van der Waals surface area (Å²) >= 11 is 0. The van der Waals surface area contributed by atoms with E-state index in [1.807, 2.05) is 0 Å². The Bertz CT molecular complexity index is 429. The molecule has 1 heterocycles. The maximum atomic E-state index is 10.9. The summed E-state index contributed by atoms with van der Waals surface area (Å²) in [5.74, 6) is 0. The van der Waals surface area contributed by atoms with Crippen LogP contribution in [0.1, 0.15) is 0 Å². The predicted molar refractivity (Wildman–Crippen MR) is 38.7 cm³/mol. The zero-order valence-corrected chi connectivity index (χ0v) is 6.22. The average molecular weight is 170 g/mol. The molecule has 0 saturated carbocycles. The topological polar surface area (TPSA) is 100.0 Å². The zero-order valence-electron chi connectivity index (χ0n) is 6.22. The second kappa shape index (κ2) is 2.61. The minimum absolute atomic E-state index is 0.447. The van der Waals surface area contributed by atoms with Crippen LogP contribution in [0.4, 0.5) is 4.79 Å². The van der Waals surface area contributed by atoms with Gasteiger partial charge in [0.1, 0.15) is 6.33 Å². The number of nitrogens with zero attached hydrogens (tertiary/aromatic N) is 3. The van der Waals surface area contributed by atoms with Crippen molar-refractivity contribution in [3.05, 3.63) is 27.0 Å². The van der Waals surface area contributed by atoms with Crippen molar-refractivity contribution in [2.24, 2.45) is 12.8 Å². The molecule has 0 aliphatic heterocycles. The fourth-order valence-corrected chi connectivity index (χ4v) is 0.632. The summed E-state index contributed by atoms with van der Waals surface area (Å²) in [5, 5.41) is 3.43. The Labute approximate surface area is 66.0 Å². The molecule has 0 bridgehead atoms. The van der Waals surface area contributed by atoms with Gasteiger partial charge in [0.2, 0.25) is 0 Å². The van der Waals surface area contributed by atoms with Gasteiger partial charge < -0.3 is 5.73 Å². The number of hydrogen-bond donors (Lipinski definition) is 1. The number of rotatable bonds is 0. The van der Waals surface area contributed by atoms with Crippen LogP contribution in [-0.4, -0.2) is 20.4 Å². The first-order chi connectivity index (χ1) is 5.54. The third-order valence-electron chi connectivity index (χ3n) is 1.27. The van der Waals surface area contributed by atoms with Crippen molar-refractivity contribution in [2.75, 3.05) is 0 Å². The first-order valence-electron chi connectivity index (χ1n) is 2.99. The molecule has 7 nitrogen and oxygen atoms in total. The molecule has 0 aromatic carbocycles. The molecule has 12 heavy (non-hydrogen) atoms. The SMILES string of the molecule is Cn1ncn(C(N)=O)c(=O)c1=O. The molecule has 0 fully saturated rings. The number of aryl methyl sites for hydroxylation is 1. The summed E-state index contributed by atoms with van der Waals surface area (Å²) in [4.78, 5) is 32.3. The minimum Gasteiger partial charge on any atom is -0.351 e. The minimum atomic E-state index is -1.02. The van der Waals surface area contributed by atoms with Crippen LogP contribution in [0, 0.1) is 0 Å². The van der Waals surface area contributed by atoms with Gasteiger partial charge in [-0.1, -0.05) is 0 Å². The number of carbonyl (C=O) groups is 1. The number of hydrogen-bond acceptors (Lipinski definition) is 4. The van der Waals surface area contributed by atoms with E-state index in [0.29, 0.717) is 4.57 Å². The van der Waals surface area contributed by atoms with E-state index < -0.39 is 17.1 Å². The normalized spacial score (nSPS) is 9.75. The highest BCUT2D eigenvalue weighted by Crippen LogP contribution is 1.68. The third-order valence-corrected chi connectivity index (χ3v) is 1.27. The highest BCUT2D eigenvalue weighted by molar-refractivity contribution is 5.73. The first-order valence-corrected chi connectivity index (χ1v) is 2.99. The molecule has 0 unspecified atom stereocenters. The largest absolute Gasteiger partial charge is 0.351 e. The van der Waals surface area contributed by atoms with E-state index in [1.54, 1.807) is 0 Å². The molecule has 0 atom stereocenters. The maximum Gasteiger partial charge on any atom is 0.332 e. The number of aromatic nitrogens is 3. The van der Waals surface area contributed by atoms with Crippen LogP contribution in [0.5, 0.6) is 0 Å². The van der Waals surface area contributed by atoms with Gasteiger partial charge in [-0.15, -0.1) is 0 Å². The Morgan fingerprint density at radius 2 is 2.08 bits per heavy atom. The summed E-state index contributed by atoms with van der Waals surface area (Å²) in [5.41, 5.74) is 2.88. The molecule has 0 spiro atoms. The molecular weight excluding hydrogens is 164 g/mol. The zero-order chi connectivity index (χ0) is 9.30. The lowest BCUT2D eigenvalue weighted by atomic mass is 10.7. The summed E-state index contributed by atoms with van der Waals surface area (Å²) in [6.45, 7) is 0. The van der Waals surface area contributed by atoms with Gasteiger partial charge in [0.15, 0.2) is 0 Å². The van der Waals surface area contributed by atoms with E-state index in [-0.39, 0.29) is 0 Å². The second-order valence-corrected chi connectivity index (χ2v) is 2.07. The maximum absolute atomic E-state index is 10.9. The van der Waals surface area contributed by atoms with E-state index in [0.717, 1.165) is 11.0 Å². The van der Waals surface area contributed by atoms with Crippen LogP contribution < -0.4 is 16.9 Å². The van der Waals surface area contributed by atoms with Crippen molar-refractivity contribution < 1.29 is 4.79 Å². The summed E-state index contributed by atoms with van der Waals surface area (Å²) in [6.07, 6.45) is 0.895. The average Bonchev–Trinajstić information content (AvgIpc) is 2.00. The quantitative estimate of drug-likeness (QED) is 0.449. The molecule has 0 aliphatic carbocycles. The molecule has 0 radical (unpaired) electrons. The van der Waals surface area contributed by atoms with E-state index in [1.165, 1.54) is 7.05 Å². The standard InChI is InChI=1S/C5H6N4O3/c1-8-3(10)4(11)9(2-7-8)5(6)12/h2H,1H3,(H2,6,12). The third kappa shape index (κ3) is 1.11. The Morgan fingerprint density at radius 3 is 2.58 bits per heavy atom. The molecule has 0 saturated heterocycles. The van der Waals surface area contributed by atoms with Crippen molar-refractivity contribution in [1.29, 1.82) is 0 Å². The molecule has 1 rings (SSSR count). The van der Waals surface area contributed by atoms with Crippen molar-refractivity contribution in [3.63, 3.8) is 0 Å². The lowest BCUT2D eigenvalue weighted by Gasteiger charge is -1.97. The Hall–Kier alpha value is -1.92. The van der Waals surface area contributed by atoms with Gasteiger partial charge in [0.25, 0.3) is 0 Å². The van der Waals surface area contributed by atoms with Gasteiger partial charge >= 0.3 is 17.1 Å². The second-order valence-electron chi connectivity index (χ2n) is 2.07. The molecule has 7 heteroatoms. The molecule has 2 N–H and O–H groups in total. The number of nitrogens with two attached hydrogens (primary N) is 1. The van der Waals surface area contributed by atoms with Crippen LogP contribution in [0.3, 0.4) is 0 Å². The van der Waals surface area contributed by atoms with E-state index >= 15 is 0 Å². The fraction of sp³-hybridized carbons (Fsp3) is 0.200. The Kier molecular flexibility index (Phi) is 1.78. The molecule has 1 aromatic rings. The van der Waals surface area contributed by atoms with Gasteiger partial charge in [-0.05, 0) is 0 Å². The Balaban J connectivity index is 3.59. The van der Waals surface area contributed by atoms with E-state index in [9.17, 15) is 14.4 Å². The van der Waals surface area contributed by atoms with Crippen molar-refractivity contribution >= 4 is 6.03 Å². The molecule has 1 amide bonds. The fourth-order valence-electron chi connectivity index (χ4n) is 0.632. The molecule has 1 aromatic heterocycles. The van der Waals surface area contributed by atoms with Crippen molar-refractivity contribution in [2.45, 2.75) is 0 Å². The predicted octanol–water partition coefficient (Wildman–Crippen LogP) is -2.13. The van der Waals surface area contributed by atoms with Crippen LogP contribution in [0.25, 0.3) is 0 Å². The smallest absolute Gasteiger partial charge is 0.332 e. The van der Waals surface area contributed by atoms with Crippen molar-refractivity contribution in [1.82, 2.24) is 14.3 Å². The van der Waals surface area contributed by atoms with Crippen LogP contribution in [-0.2, 0) is 7.05 Å². The Morgan fingerprint density at radius 1 is 1.50 bits per heavy atom. The number of carbonyl (C=O) groups excluding carboxylic acids is 1. The lowest BCUT2D eigenvalue weighted by Crippen LogP contribution is -2.45. The first kappa shape index (κ1) is 8.18. The molecular formula is C5H6N4O3. The van der Waals surface area contributed by atoms with Gasteiger partial charge in [-0.25, -0.2) is 14.0 Å². The highest BCUT2D eigenvalue weighted by Gasteiger charge is 2.06. The van der Waals surface area contributed by atoms with Crippen LogP contribution in [0.15, 0.2) is 15.9 Å². The van der Waals surface area contributed by atoms with Crippen molar-refractivity contribution in [3.8, 4) is 0 Å². The van der Waals surface area contributed by atoms with Gasteiger partial charge in [0.05, 0.1) is 0 Å². The summed E-state index contributed by atoms with van der Waals surface area (Å²) in [7, 11) is 1.30. The van der Waals surface area contributed by atoms with Crippen LogP contribution in [0.2, 0.25) is 0 Å². The van der Waals surface area contributed by atoms with E-state index in [4.69, 9.17) is 5.73 Å². The lowest BCUT2D eigenvalue weighted by molar-refractivity contribution is 0.249.